The Morgan fingerprint density at radius 1 is 1.08 bits per heavy atom. The zero-order valence-electron chi connectivity index (χ0n) is 20.9. The number of amides is 2. The number of benzene rings is 1. The minimum atomic E-state index is -5.59. The Labute approximate surface area is 213 Å². The van der Waals surface area contributed by atoms with E-state index < -0.39 is 36.6 Å². The molecule has 1 atom stereocenters. The van der Waals surface area contributed by atoms with E-state index in [9.17, 15) is 36.6 Å². The first-order valence-electron chi connectivity index (χ1n) is 12.5. The number of urea groups is 1. The van der Waals surface area contributed by atoms with E-state index in [4.69, 9.17) is 9.47 Å². The number of hydrogen-bond donors (Lipinski definition) is 2. The molecule has 7 nitrogen and oxygen atoms in total. The molecular weight excluding hydrogens is 503 g/mol. The van der Waals surface area contributed by atoms with Crippen molar-refractivity contribution in [1.82, 2.24) is 10.2 Å². The number of aliphatic carboxylic acids is 1. The van der Waals surface area contributed by atoms with Crippen LogP contribution in [0.15, 0.2) is 24.3 Å². The summed E-state index contributed by atoms with van der Waals surface area (Å²) >= 11 is 0. The summed E-state index contributed by atoms with van der Waals surface area (Å²) in [6, 6.07) is 6.34. The van der Waals surface area contributed by atoms with E-state index in [0.717, 1.165) is 31.2 Å². The van der Waals surface area contributed by atoms with Crippen molar-refractivity contribution in [3.63, 3.8) is 0 Å². The molecule has 1 fully saturated rings. The van der Waals surface area contributed by atoms with Crippen LogP contribution in [0.25, 0.3) is 0 Å². The van der Waals surface area contributed by atoms with E-state index in [0.29, 0.717) is 5.75 Å². The molecule has 0 aromatic heterocycles. The highest BCUT2D eigenvalue weighted by Gasteiger charge is 2.56. The third kappa shape index (κ3) is 10.3. The Morgan fingerprint density at radius 2 is 1.73 bits per heavy atom. The summed E-state index contributed by atoms with van der Waals surface area (Å²) in [7, 11) is 0. The fourth-order valence-corrected chi connectivity index (χ4v) is 4.07. The second kappa shape index (κ2) is 14.3. The van der Waals surface area contributed by atoms with Crippen LogP contribution in [0.5, 0.6) is 5.75 Å². The molecular formula is C25H35F5N2O5. The lowest BCUT2D eigenvalue weighted by Crippen LogP contribution is -2.46. The van der Waals surface area contributed by atoms with Crippen molar-refractivity contribution >= 4 is 12.0 Å². The molecule has 1 saturated carbocycles. The zero-order valence-corrected chi connectivity index (χ0v) is 20.9. The van der Waals surface area contributed by atoms with Crippen LogP contribution in [0, 0.1) is 0 Å². The second-order valence-corrected chi connectivity index (χ2v) is 9.06. The monoisotopic (exact) mass is 538 g/mol. The van der Waals surface area contributed by atoms with Crippen LogP contribution in [-0.2, 0) is 16.0 Å². The highest BCUT2D eigenvalue weighted by atomic mass is 19.4. The standard InChI is InChI=1S/C25H35F5N2O5/c1-2-36-21(22(33)34)17-18-9-11-20(12-10-18)37-16-15-32(23(35)31-19-7-3-4-8-19)14-6-5-13-24(26,27)25(28,29)30/h9-12,19,21H,2-8,13-17H2,1H3,(H,31,35)(H,33,34). The van der Waals surface area contributed by atoms with Gasteiger partial charge in [-0.3, -0.25) is 0 Å². The maximum Gasteiger partial charge on any atom is 0.453 e. The molecule has 0 spiro atoms. The molecule has 0 heterocycles. The summed E-state index contributed by atoms with van der Waals surface area (Å²) in [5.74, 6) is -5.33. The zero-order chi connectivity index (χ0) is 27.5. The first-order valence-corrected chi connectivity index (χ1v) is 12.5. The Kier molecular flexibility index (Phi) is 11.9. The van der Waals surface area contributed by atoms with Gasteiger partial charge in [0.1, 0.15) is 12.4 Å². The van der Waals surface area contributed by atoms with Crippen molar-refractivity contribution in [3.8, 4) is 5.75 Å². The molecule has 0 bridgehead atoms. The highest BCUT2D eigenvalue weighted by Crippen LogP contribution is 2.39. The van der Waals surface area contributed by atoms with E-state index >= 15 is 0 Å². The van der Waals surface area contributed by atoms with Crippen molar-refractivity contribution in [2.75, 3.05) is 26.3 Å². The van der Waals surface area contributed by atoms with Crippen molar-refractivity contribution in [2.45, 2.75) is 82.5 Å². The van der Waals surface area contributed by atoms with Crippen LogP contribution in [-0.4, -0.2) is 72.6 Å². The molecule has 0 aliphatic heterocycles. The lowest BCUT2D eigenvalue weighted by atomic mass is 10.1. The number of unbranched alkanes of at least 4 members (excludes halogenated alkanes) is 1. The summed E-state index contributed by atoms with van der Waals surface area (Å²) in [6.45, 7) is 2.19. The maximum absolute atomic E-state index is 13.2. The molecule has 2 rings (SSSR count). The van der Waals surface area contributed by atoms with Gasteiger partial charge in [0.25, 0.3) is 0 Å². The molecule has 1 unspecified atom stereocenters. The molecule has 2 amide bonds. The van der Waals surface area contributed by atoms with E-state index in [-0.39, 0.29) is 51.6 Å². The Bertz CT molecular complexity index is 845. The van der Waals surface area contributed by atoms with Gasteiger partial charge in [-0.15, -0.1) is 0 Å². The molecule has 0 radical (unpaired) electrons. The normalized spacial score (nSPS) is 15.4. The number of hydrogen-bond acceptors (Lipinski definition) is 4. The topological polar surface area (TPSA) is 88.1 Å². The third-order valence-electron chi connectivity index (χ3n) is 6.17. The van der Waals surface area contributed by atoms with Crippen LogP contribution in [0.3, 0.4) is 0 Å². The minimum absolute atomic E-state index is 0.0109. The van der Waals surface area contributed by atoms with Crippen LogP contribution >= 0.6 is 0 Å². The van der Waals surface area contributed by atoms with Gasteiger partial charge in [0.2, 0.25) is 0 Å². The average Bonchev–Trinajstić information content (AvgIpc) is 3.33. The number of ether oxygens (including phenoxy) is 2. The van der Waals surface area contributed by atoms with Gasteiger partial charge in [0.15, 0.2) is 6.10 Å². The lowest BCUT2D eigenvalue weighted by Gasteiger charge is -2.26. The molecule has 37 heavy (non-hydrogen) atoms. The molecule has 1 aromatic carbocycles. The summed E-state index contributed by atoms with van der Waals surface area (Å²) in [4.78, 5) is 25.3. The SMILES string of the molecule is CCOC(Cc1ccc(OCCN(CCCCC(F)(F)C(F)(F)F)C(=O)NC2CCCC2)cc1)C(=O)O. The summed E-state index contributed by atoms with van der Waals surface area (Å²) in [5, 5.41) is 12.1. The van der Waals surface area contributed by atoms with Gasteiger partial charge in [0, 0.05) is 32.0 Å². The number of nitrogens with one attached hydrogen (secondary N) is 1. The van der Waals surface area contributed by atoms with Gasteiger partial charge in [-0.05, 0) is 50.3 Å². The lowest BCUT2D eigenvalue weighted by molar-refractivity contribution is -0.284. The van der Waals surface area contributed by atoms with Crippen molar-refractivity contribution in [1.29, 1.82) is 0 Å². The van der Waals surface area contributed by atoms with Crippen molar-refractivity contribution in [3.05, 3.63) is 29.8 Å². The highest BCUT2D eigenvalue weighted by molar-refractivity contribution is 5.74. The van der Waals surface area contributed by atoms with Gasteiger partial charge < -0.3 is 24.8 Å². The minimum Gasteiger partial charge on any atom is -0.492 e. The molecule has 210 valence electrons. The van der Waals surface area contributed by atoms with E-state index in [1.165, 1.54) is 4.90 Å². The quantitative estimate of drug-likeness (QED) is 0.230. The number of rotatable bonds is 15. The number of carbonyl (C=O) groups is 2. The molecule has 0 saturated heterocycles. The smallest absolute Gasteiger partial charge is 0.453 e. The number of carboxylic acid groups (broad SMARTS) is 1. The van der Waals surface area contributed by atoms with E-state index in [1.54, 1.807) is 31.2 Å². The van der Waals surface area contributed by atoms with Gasteiger partial charge in [-0.2, -0.15) is 22.0 Å². The first kappa shape index (κ1) is 30.6. The first-order chi connectivity index (χ1) is 17.4. The van der Waals surface area contributed by atoms with Crippen LogP contribution in [0.4, 0.5) is 26.7 Å². The van der Waals surface area contributed by atoms with Crippen LogP contribution < -0.4 is 10.1 Å². The average molecular weight is 539 g/mol. The number of nitrogens with zero attached hydrogens (tertiary/aromatic N) is 1. The molecule has 1 aromatic rings. The van der Waals surface area contributed by atoms with Crippen LogP contribution in [0.1, 0.15) is 57.4 Å². The summed E-state index contributed by atoms with van der Waals surface area (Å²) in [6.07, 6.45) is -4.42. The predicted molar refractivity (Wildman–Crippen MR) is 126 cm³/mol. The van der Waals surface area contributed by atoms with Crippen molar-refractivity contribution < 1.29 is 46.1 Å². The summed E-state index contributed by atoms with van der Waals surface area (Å²) in [5.41, 5.74) is 0.737. The number of alkyl halides is 5. The molecule has 2 N–H and O–H groups in total. The maximum atomic E-state index is 13.2. The summed E-state index contributed by atoms with van der Waals surface area (Å²) < 4.78 is 74.4. The Hall–Kier alpha value is -2.63. The number of halogens is 5. The van der Waals surface area contributed by atoms with Gasteiger partial charge in [0.05, 0.1) is 6.54 Å². The Morgan fingerprint density at radius 3 is 2.30 bits per heavy atom. The molecule has 12 heteroatoms. The van der Waals surface area contributed by atoms with E-state index in [2.05, 4.69) is 5.32 Å². The fourth-order valence-electron chi connectivity index (χ4n) is 4.07. The van der Waals surface area contributed by atoms with Gasteiger partial charge in [-0.25, -0.2) is 9.59 Å². The van der Waals surface area contributed by atoms with Crippen LogP contribution in [0.2, 0.25) is 0 Å². The number of carbonyl (C=O) groups excluding carboxylic acids is 1. The third-order valence-corrected chi connectivity index (χ3v) is 6.17. The van der Waals surface area contributed by atoms with Gasteiger partial charge >= 0.3 is 24.1 Å². The van der Waals surface area contributed by atoms with E-state index in [1.807, 2.05) is 0 Å². The molecule has 1 aliphatic carbocycles. The van der Waals surface area contributed by atoms with Crippen molar-refractivity contribution in [2.24, 2.45) is 0 Å². The Balaban J connectivity index is 1.88. The number of carboxylic acids is 1. The molecule has 1 aliphatic rings. The largest absolute Gasteiger partial charge is 0.492 e. The predicted octanol–water partition coefficient (Wildman–Crippen LogP) is 5.42. The second-order valence-electron chi connectivity index (χ2n) is 9.06. The van der Waals surface area contributed by atoms with Gasteiger partial charge in [-0.1, -0.05) is 25.0 Å². The fraction of sp³-hybridized carbons (Fsp3) is 0.680.